The zero-order valence-corrected chi connectivity index (χ0v) is 18.7. The van der Waals surface area contributed by atoms with Gasteiger partial charge in [0.15, 0.2) is 5.13 Å². The van der Waals surface area contributed by atoms with E-state index >= 15 is 0 Å². The summed E-state index contributed by atoms with van der Waals surface area (Å²) in [5, 5.41) is 3.82. The van der Waals surface area contributed by atoms with Gasteiger partial charge in [0.05, 0.1) is 11.8 Å². The Morgan fingerprint density at radius 2 is 1.87 bits per heavy atom. The molecule has 0 radical (unpaired) electrons. The van der Waals surface area contributed by atoms with E-state index < -0.39 is 0 Å². The number of carbonyl (C=O) groups is 3. The third-order valence-corrected chi connectivity index (χ3v) is 7.01. The summed E-state index contributed by atoms with van der Waals surface area (Å²) in [6.07, 6.45) is 0.412. The maximum atomic E-state index is 12.0. The SMILES string of the molecule is COc1ccc(C)c2sc(N3CCN(CCNC(=O)CN4C(=O)CCC4=O)CC3)nc12. The van der Waals surface area contributed by atoms with Gasteiger partial charge in [-0.2, -0.15) is 0 Å². The van der Waals surface area contributed by atoms with Gasteiger partial charge >= 0.3 is 0 Å². The number of aromatic nitrogens is 1. The van der Waals surface area contributed by atoms with Crippen LogP contribution in [0.4, 0.5) is 5.13 Å². The lowest BCUT2D eigenvalue weighted by atomic mass is 10.2. The highest BCUT2D eigenvalue weighted by Gasteiger charge is 2.30. The number of aryl methyl sites for hydroxylation is 1. The van der Waals surface area contributed by atoms with Crippen molar-refractivity contribution in [3.05, 3.63) is 17.7 Å². The quantitative estimate of drug-likeness (QED) is 0.636. The Morgan fingerprint density at radius 3 is 2.55 bits per heavy atom. The number of amides is 3. The molecule has 2 aliphatic rings. The van der Waals surface area contributed by atoms with E-state index in [1.807, 2.05) is 6.07 Å². The highest BCUT2D eigenvalue weighted by Crippen LogP contribution is 2.36. The van der Waals surface area contributed by atoms with Crippen molar-refractivity contribution < 1.29 is 19.1 Å². The zero-order chi connectivity index (χ0) is 22.0. The fourth-order valence-electron chi connectivity index (χ4n) is 3.91. The average molecular weight is 446 g/mol. The molecule has 1 N–H and O–H groups in total. The second kappa shape index (κ2) is 9.19. The first-order valence-corrected chi connectivity index (χ1v) is 11.3. The second-order valence-electron chi connectivity index (χ2n) is 7.81. The maximum absolute atomic E-state index is 12.0. The number of nitrogens with one attached hydrogen (secondary N) is 1. The van der Waals surface area contributed by atoms with Crippen LogP contribution in [-0.2, 0) is 14.4 Å². The van der Waals surface area contributed by atoms with Crippen LogP contribution in [0.15, 0.2) is 12.1 Å². The summed E-state index contributed by atoms with van der Waals surface area (Å²) in [5.41, 5.74) is 2.12. The van der Waals surface area contributed by atoms with Gasteiger partial charge in [-0.25, -0.2) is 4.98 Å². The summed E-state index contributed by atoms with van der Waals surface area (Å²) in [6.45, 7) is 6.63. The summed E-state index contributed by atoms with van der Waals surface area (Å²) in [5.74, 6) is -0.0197. The number of likely N-dealkylation sites (tertiary alicyclic amines) is 1. The number of hydrogen-bond acceptors (Lipinski definition) is 8. The molecule has 0 aliphatic carbocycles. The number of piperazine rings is 1. The minimum Gasteiger partial charge on any atom is -0.494 e. The van der Waals surface area contributed by atoms with Gasteiger partial charge in [0, 0.05) is 52.1 Å². The molecule has 9 nitrogen and oxygen atoms in total. The Balaban J connectivity index is 1.24. The number of fused-ring (bicyclic) bond motifs is 1. The molecule has 0 spiro atoms. The first kappa shape index (κ1) is 21.5. The highest BCUT2D eigenvalue weighted by molar-refractivity contribution is 7.22. The van der Waals surface area contributed by atoms with E-state index in [4.69, 9.17) is 9.72 Å². The normalized spacial score (nSPS) is 17.6. The van der Waals surface area contributed by atoms with Gasteiger partial charge < -0.3 is 15.0 Å². The number of nitrogens with zero attached hydrogens (tertiary/aromatic N) is 4. The Kier molecular flexibility index (Phi) is 6.38. The van der Waals surface area contributed by atoms with Gasteiger partial charge in [-0.15, -0.1) is 0 Å². The largest absolute Gasteiger partial charge is 0.494 e. The molecule has 4 rings (SSSR count). The third kappa shape index (κ3) is 4.64. The molecule has 2 aromatic rings. The number of hydrogen-bond donors (Lipinski definition) is 1. The fraction of sp³-hybridized carbons (Fsp3) is 0.524. The summed E-state index contributed by atoms with van der Waals surface area (Å²) < 4.78 is 6.62. The molecule has 3 heterocycles. The molecule has 0 unspecified atom stereocenters. The van der Waals surface area contributed by atoms with E-state index in [0.717, 1.165) is 58.7 Å². The van der Waals surface area contributed by atoms with Crippen molar-refractivity contribution in [1.29, 1.82) is 0 Å². The number of ether oxygens (including phenoxy) is 1. The highest BCUT2D eigenvalue weighted by atomic mass is 32.1. The van der Waals surface area contributed by atoms with Gasteiger partial charge in [-0.3, -0.25) is 24.2 Å². The Labute approximate surface area is 184 Å². The van der Waals surface area contributed by atoms with Crippen LogP contribution in [0.2, 0.25) is 0 Å². The molecule has 2 saturated heterocycles. The van der Waals surface area contributed by atoms with Crippen LogP contribution in [0.25, 0.3) is 10.2 Å². The van der Waals surface area contributed by atoms with Gasteiger partial charge in [0.1, 0.15) is 17.8 Å². The van der Waals surface area contributed by atoms with Crippen molar-refractivity contribution in [1.82, 2.24) is 20.1 Å². The van der Waals surface area contributed by atoms with Gasteiger partial charge in [0.25, 0.3) is 0 Å². The molecule has 1 aromatic carbocycles. The first-order valence-electron chi connectivity index (χ1n) is 10.5. The minimum absolute atomic E-state index is 0.175. The second-order valence-corrected chi connectivity index (χ2v) is 8.79. The molecule has 1 aromatic heterocycles. The van der Waals surface area contributed by atoms with E-state index in [0.29, 0.717) is 6.54 Å². The summed E-state index contributed by atoms with van der Waals surface area (Å²) in [4.78, 5) is 45.7. The Hall–Kier alpha value is -2.72. The van der Waals surface area contributed by atoms with Crippen molar-refractivity contribution in [2.24, 2.45) is 0 Å². The summed E-state index contributed by atoms with van der Waals surface area (Å²) in [6, 6.07) is 4.02. The lowest BCUT2D eigenvalue weighted by Gasteiger charge is -2.34. The number of rotatable bonds is 7. The van der Waals surface area contributed by atoms with Crippen molar-refractivity contribution >= 4 is 44.4 Å². The topological polar surface area (TPSA) is 95.1 Å². The number of imide groups is 1. The van der Waals surface area contributed by atoms with Crippen molar-refractivity contribution in [2.75, 3.05) is 57.8 Å². The van der Waals surface area contributed by atoms with Gasteiger partial charge in [-0.05, 0) is 18.6 Å². The molecule has 2 aliphatic heterocycles. The van der Waals surface area contributed by atoms with Crippen molar-refractivity contribution in [2.45, 2.75) is 19.8 Å². The molecular weight excluding hydrogens is 418 g/mol. The van der Waals surface area contributed by atoms with Crippen LogP contribution in [0.1, 0.15) is 18.4 Å². The van der Waals surface area contributed by atoms with Crippen LogP contribution in [-0.4, -0.2) is 85.4 Å². The standard InChI is InChI=1S/C21H27N5O4S/c1-14-3-4-15(30-2)19-20(14)31-21(23-19)25-11-9-24(10-12-25)8-7-22-16(27)13-26-17(28)5-6-18(26)29/h3-4H,5-13H2,1-2H3,(H,22,27). The lowest BCUT2D eigenvalue weighted by Crippen LogP contribution is -2.49. The smallest absolute Gasteiger partial charge is 0.240 e. The zero-order valence-electron chi connectivity index (χ0n) is 17.8. The Morgan fingerprint density at radius 1 is 1.16 bits per heavy atom. The number of benzene rings is 1. The van der Waals surface area contributed by atoms with E-state index in [2.05, 4.69) is 28.1 Å². The molecule has 2 fully saturated rings. The van der Waals surface area contributed by atoms with Crippen LogP contribution >= 0.6 is 11.3 Å². The van der Waals surface area contributed by atoms with Crippen molar-refractivity contribution in [3.8, 4) is 5.75 Å². The minimum atomic E-state index is -0.291. The Bertz CT molecular complexity index is 983. The first-order chi connectivity index (χ1) is 15.0. The van der Waals surface area contributed by atoms with E-state index in [1.165, 1.54) is 5.56 Å². The van der Waals surface area contributed by atoms with E-state index in [9.17, 15) is 14.4 Å². The predicted molar refractivity (Wildman–Crippen MR) is 119 cm³/mol. The van der Waals surface area contributed by atoms with Gasteiger partial charge in [0.2, 0.25) is 17.7 Å². The third-order valence-electron chi connectivity index (χ3n) is 5.76. The van der Waals surface area contributed by atoms with Crippen LogP contribution in [0.3, 0.4) is 0 Å². The number of carbonyl (C=O) groups excluding carboxylic acids is 3. The predicted octanol–water partition coefficient (Wildman–Crippen LogP) is 1.00. The van der Waals surface area contributed by atoms with Crippen molar-refractivity contribution in [3.63, 3.8) is 0 Å². The maximum Gasteiger partial charge on any atom is 0.240 e. The molecule has 0 bridgehead atoms. The molecule has 3 amide bonds. The molecule has 166 valence electrons. The number of anilines is 1. The monoisotopic (exact) mass is 445 g/mol. The van der Waals surface area contributed by atoms with Gasteiger partial charge in [-0.1, -0.05) is 17.4 Å². The lowest BCUT2D eigenvalue weighted by molar-refractivity contribution is -0.142. The number of methoxy groups -OCH3 is 1. The number of thiazole rings is 1. The van der Waals surface area contributed by atoms with Crippen LogP contribution in [0, 0.1) is 6.92 Å². The molecule has 0 atom stereocenters. The van der Waals surface area contributed by atoms with Crippen LogP contribution < -0.4 is 15.0 Å². The summed E-state index contributed by atoms with van der Waals surface area (Å²) >= 11 is 1.70. The fourth-order valence-corrected chi connectivity index (χ4v) is 5.02. The molecule has 10 heteroatoms. The summed E-state index contributed by atoms with van der Waals surface area (Å²) in [7, 11) is 1.67. The molecule has 0 saturated carbocycles. The van der Waals surface area contributed by atoms with E-state index in [1.54, 1.807) is 18.4 Å². The average Bonchev–Trinajstić information content (AvgIpc) is 3.35. The van der Waals surface area contributed by atoms with E-state index in [-0.39, 0.29) is 37.1 Å². The molecule has 31 heavy (non-hydrogen) atoms. The van der Waals surface area contributed by atoms with Crippen LogP contribution in [0.5, 0.6) is 5.75 Å². The molecular formula is C21H27N5O4S.